The predicted octanol–water partition coefficient (Wildman–Crippen LogP) is 4.32. The first-order chi connectivity index (χ1) is 10.7. The zero-order valence-electron chi connectivity index (χ0n) is 12.3. The Hall–Kier alpha value is -2.81. The number of nitrogens with one attached hydrogen (secondary N) is 1. The van der Waals surface area contributed by atoms with E-state index in [1.165, 1.54) is 6.08 Å². The van der Waals surface area contributed by atoms with Gasteiger partial charge in [-0.2, -0.15) is 0 Å². The van der Waals surface area contributed by atoms with Crippen molar-refractivity contribution in [2.24, 2.45) is 0 Å². The summed E-state index contributed by atoms with van der Waals surface area (Å²) in [6.07, 6.45) is 3.33. The van der Waals surface area contributed by atoms with Gasteiger partial charge in [0.15, 0.2) is 0 Å². The molecule has 0 saturated carbocycles. The van der Waals surface area contributed by atoms with Gasteiger partial charge in [0, 0.05) is 11.5 Å². The number of fused-ring (bicyclic) bond motifs is 1. The maximum absolute atomic E-state index is 12.0. The molecule has 1 aromatic heterocycles. The van der Waals surface area contributed by atoms with Gasteiger partial charge < -0.3 is 9.73 Å². The van der Waals surface area contributed by atoms with E-state index in [0.717, 1.165) is 22.3 Å². The van der Waals surface area contributed by atoms with Crippen LogP contribution in [-0.2, 0) is 4.79 Å². The maximum atomic E-state index is 12.0. The van der Waals surface area contributed by atoms with Gasteiger partial charge in [-0.3, -0.25) is 4.79 Å². The first kappa shape index (κ1) is 14.1. The Balaban J connectivity index is 1.67. The van der Waals surface area contributed by atoms with Crippen LogP contribution in [0.4, 0.5) is 0 Å². The third-order valence-corrected chi connectivity index (χ3v) is 3.46. The van der Waals surface area contributed by atoms with Gasteiger partial charge in [0.1, 0.15) is 11.3 Å². The molecule has 0 spiro atoms. The van der Waals surface area contributed by atoms with Crippen molar-refractivity contribution < 1.29 is 9.21 Å². The highest BCUT2D eigenvalue weighted by Gasteiger charge is 2.12. The number of hydrogen-bond acceptors (Lipinski definition) is 2. The normalized spacial score (nSPS) is 12.6. The molecule has 3 aromatic rings. The zero-order chi connectivity index (χ0) is 15.4. The van der Waals surface area contributed by atoms with Crippen molar-refractivity contribution in [1.82, 2.24) is 5.32 Å². The van der Waals surface area contributed by atoms with Crippen molar-refractivity contribution in [1.29, 1.82) is 0 Å². The molecule has 0 fully saturated rings. The van der Waals surface area contributed by atoms with Gasteiger partial charge in [-0.05, 0) is 30.7 Å². The summed E-state index contributed by atoms with van der Waals surface area (Å²) >= 11 is 0. The molecular weight excluding hydrogens is 274 g/mol. The molecule has 0 saturated heterocycles. The number of carbonyl (C=O) groups excluding carboxylic acids is 1. The molecule has 1 amide bonds. The SMILES string of the molecule is CC(NC(=O)/C=C/c1ccccc1)c1cc2ccccc2o1. The second-order valence-electron chi connectivity index (χ2n) is 5.16. The minimum atomic E-state index is -0.180. The summed E-state index contributed by atoms with van der Waals surface area (Å²) in [4.78, 5) is 12.0. The minimum absolute atomic E-state index is 0.142. The molecule has 0 radical (unpaired) electrons. The van der Waals surface area contributed by atoms with Crippen molar-refractivity contribution in [3.63, 3.8) is 0 Å². The maximum Gasteiger partial charge on any atom is 0.244 e. The number of hydrogen-bond donors (Lipinski definition) is 1. The molecule has 2 aromatic carbocycles. The summed E-state index contributed by atoms with van der Waals surface area (Å²) in [5.41, 5.74) is 1.83. The molecule has 1 N–H and O–H groups in total. The lowest BCUT2D eigenvalue weighted by Crippen LogP contribution is -2.24. The molecule has 0 aliphatic heterocycles. The van der Waals surface area contributed by atoms with Crippen LogP contribution in [0.2, 0.25) is 0 Å². The molecule has 0 aliphatic rings. The predicted molar refractivity (Wildman–Crippen MR) is 88.2 cm³/mol. The van der Waals surface area contributed by atoms with Gasteiger partial charge in [-0.15, -0.1) is 0 Å². The van der Waals surface area contributed by atoms with E-state index in [0.29, 0.717) is 0 Å². The van der Waals surface area contributed by atoms with Crippen LogP contribution in [0.1, 0.15) is 24.3 Å². The average Bonchev–Trinajstić information content (AvgIpc) is 2.98. The van der Waals surface area contributed by atoms with Gasteiger partial charge in [0.2, 0.25) is 5.91 Å². The van der Waals surface area contributed by atoms with Crippen LogP contribution in [0.15, 0.2) is 71.2 Å². The molecule has 0 bridgehead atoms. The van der Waals surface area contributed by atoms with Gasteiger partial charge in [0.25, 0.3) is 0 Å². The highest BCUT2D eigenvalue weighted by atomic mass is 16.3. The summed E-state index contributed by atoms with van der Waals surface area (Å²) in [5.74, 6) is 0.611. The van der Waals surface area contributed by atoms with E-state index in [2.05, 4.69) is 5.32 Å². The van der Waals surface area contributed by atoms with Crippen LogP contribution in [0.25, 0.3) is 17.0 Å². The first-order valence-electron chi connectivity index (χ1n) is 7.24. The van der Waals surface area contributed by atoms with Crippen molar-refractivity contribution in [3.05, 3.63) is 78.1 Å². The molecule has 3 rings (SSSR count). The van der Waals surface area contributed by atoms with Crippen molar-refractivity contribution >= 4 is 23.0 Å². The number of furan rings is 1. The second-order valence-corrected chi connectivity index (χ2v) is 5.16. The van der Waals surface area contributed by atoms with Gasteiger partial charge >= 0.3 is 0 Å². The Kier molecular flexibility index (Phi) is 4.05. The molecule has 1 atom stereocenters. The standard InChI is InChI=1S/C19H17NO2/c1-14(18-13-16-9-5-6-10-17(16)22-18)20-19(21)12-11-15-7-3-2-4-8-15/h2-14H,1H3,(H,20,21)/b12-11+. The number of rotatable bonds is 4. The van der Waals surface area contributed by atoms with Crippen LogP contribution in [-0.4, -0.2) is 5.91 Å². The number of amides is 1. The Labute approximate surface area is 129 Å². The van der Waals surface area contributed by atoms with Crippen LogP contribution in [0.3, 0.4) is 0 Å². The topological polar surface area (TPSA) is 42.2 Å². The Morgan fingerprint density at radius 2 is 1.82 bits per heavy atom. The lowest BCUT2D eigenvalue weighted by Gasteiger charge is -2.09. The van der Waals surface area contributed by atoms with Crippen LogP contribution in [0.5, 0.6) is 0 Å². The molecule has 3 heteroatoms. The summed E-state index contributed by atoms with van der Waals surface area (Å²) in [6.45, 7) is 1.91. The van der Waals surface area contributed by atoms with Gasteiger partial charge in [-0.25, -0.2) is 0 Å². The third kappa shape index (κ3) is 3.26. The largest absolute Gasteiger partial charge is 0.459 e. The van der Waals surface area contributed by atoms with E-state index < -0.39 is 0 Å². The quantitative estimate of drug-likeness (QED) is 0.727. The van der Waals surface area contributed by atoms with Crippen molar-refractivity contribution in [3.8, 4) is 0 Å². The highest BCUT2D eigenvalue weighted by molar-refractivity contribution is 5.92. The second kappa shape index (κ2) is 6.31. The molecule has 0 aliphatic carbocycles. The van der Waals surface area contributed by atoms with Crippen LogP contribution >= 0.6 is 0 Å². The molecule has 3 nitrogen and oxygen atoms in total. The van der Waals surface area contributed by atoms with Gasteiger partial charge in [0.05, 0.1) is 6.04 Å². The van der Waals surface area contributed by atoms with Gasteiger partial charge in [-0.1, -0.05) is 48.5 Å². The molecular formula is C19H17NO2. The molecule has 22 heavy (non-hydrogen) atoms. The van der Waals surface area contributed by atoms with Crippen LogP contribution < -0.4 is 5.32 Å². The van der Waals surface area contributed by atoms with E-state index >= 15 is 0 Å². The zero-order valence-corrected chi connectivity index (χ0v) is 12.3. The highest BCUT2D eigenvalue weighted by Crippen LogP contribution is 2.23. The molecule has 110 valence electrons. The van der Waals surface area contributed by atoms with E-state index in [-0.39, 0.29) is 11.9 Å². The summed E-state index contributed by atoms with van der Waals surface area (Å²) in [6, 6.07) is 19.3. The summed E-state index contributed by atoms with van der Waals surface area (Å²) in [7, 11) is 0. The first-order valence-corrected chi connectivity index (χ1v) is 7.24. The summed E-state index contributed by atoms with van der Waals surface area (Å²) < 4.78 is 5.75. The Morgan fingerprint density at radius 1 is 1.09 bits per heavy atom. The lowest BCUT2D eigenvalue weighted by atomic mass is 10.2. The minimum Gasteiger partial charge on any atom is -0.459 e. The number of carbonyl (C=O) groups is 1. The van der Waals surface area contributed by atoms with E-state index in [1.807, 2.05) is 67.6 Å². The smallest absolute Gasteiger partial charge is 0.244 e. The fourth-order valence-corrected chi connectivity index (χ4v) is 2.28. The van der Waals surface area contributed by atoms with Crippen molar-refractivity contribution in [2.45, 2.75) is 13.0 Å². The third-order valence-electron chi connectivity index (χ3n) is 3.46. The molecule has 1 heterocycles. The number of para-hydroxylation sites is 1. The Morgan fingerprint density at radius 3 is 2.59 bits per heavy atom. The molecule has 1 unspecified atom stereocenters. The van der Waals surface area contributed by atoms with E-state index in [9.17, 15) is 4.79 Å². The van der Waals surface area contributed by atoms with Crippen molar-refractivity contribution in [2.75, 3.05) is 0 Å². The van der Waals surface area contributed by atoms with Crippen LogP contribution in [0, 0.1) is 0 Å². The fourth-order valence-electron chi connectivity index (χ4n) is 2.28. The average molecular weight is 291 g/mol. The monoisotopic (exact) mass is 291 g/mol. The van der Waals surface area contributed by atoms with E-state index in [1.54, 1.807) is 6.08 Å². The number of benzene rings is 2. The lowest BCUT2D eigenvalue weighted by molar-refractivity contribution is -0.117. The fraction of sp³-hybridized carbons (Fsp3) is 0.105. The Bertz CT molecular complexity index is 769. The van der Waals surface area contributed by atoms with E-state index in [4.69, 9.17) is 4.42 Å². The summed E-state index contributed by atoms with van der Waals surface area (Å²) in [5, 5.41) is 3.95.